The van der Waals surface area contributed by atoms with Gasteiger partial charge in [-0.2, -0.15) is 26.3 Å². The molecule has 2 aliphatic heterocycles. The zero-order valence-electron chi connectivity index (χ0n) is 40.3. The summed E-state index contributed by atoms with van der Waals surface area (Å²) in [4.78, 5) is 26.6. The first-order valence-corrected chi connectivity index (χ1v) is 28.2. The fraction of sp³-hybridized carbons (Fsp3) is 0.340. The fourth-order valence-corrected chi connectivity index (χ4v) is 15.8. The molecule has 6 unspecified atom stereocenters. The number of pyridine rings is 2. The van der Waals surface area contributed by atoms with Crippen LogP contribution in [0.5, 0.6) is 0 Å². The third-order valence-electron chi connectivity index (χ3n) is 14.7. The highest BCUT2D eigenvalue weighted by molar-refractivity contribution is 9.10. The van der Waals surface area contributed by atoms with Crippen LogP contribution in [0.15, 0.2) is 165 Å². The van der Waals surface area contributed by atoms with Gasteiger partial charge in [0.25, 0.3) is 24.2 Å². The van der Waals surface area contributed by atoms with Gasteiger partial charge in [0.1, 0.15) is 9.49 Å². The van der Waals surface area contributed by atoms with Crippen LogP contribution in [0.25, 0.3) is 0 Å². The third-order valence-corrected chi connectivity index (χ3v) is 20.7. The Labute approximate surface area is 457 Å². The molecule has 0 bridgehead atoms. The molecule has 2 aliphatic rings. The maximum Gasteiger partial charge on any atom is 0.432 e. The summed E-state index contributed by atoms with van der Waals surface area (Å²) in [7, 11) is -9.42. The van der Waals surface area contributed by atoms with Crippen LogP contribution in [0, 0.1) is 0 Å². The molecule has 0 N–H and O–H groups in total. The number of ketones is 1. The Morgan fingerprint density at radius 2 is 0.859 bits per heavy atom. The van der Waals surface area contributed by atoms with E-state index < -0.39 is 108 Å². The molecule has 2 saturated heterocycles. The lowest BCUT2D eigenvalue weighted by molar-refractivity contribution is -0.274. The molecule has 78 heavy (non-hydrogen) atoms. The molecule has 2 aromatic heterocycles. The van der Waals surface area contributed by atoms with E-state index >= 15 is 30.4 Å². The van der Waals surface area contributed by atoms with Crippen LogP contribution in [-0.2, 0) is 58.1 Å². The number of carbonyl (C=O) groups is 1. The Balaban J connectivity index is 1.26. The van der Waals surface area contributed by atoms with Gasteiger partial charge in [-0.25, -0.2) is 43.2 Å². The number of rotatable bonds is 18. The smallest absolute Gasteiger partial charge is 0.296 e. The number of carbonyl (C=O) groups excluding carboxylic acids is 1. The molecule has 25 heteroatoms. The normalized spacial score (nSPS) is 21.3. The van der Waals surface area contributed by atoms with Crippen LogP contribution >= 0.6 is 31.9 Å². The molecule has 4 aromatic carbocycles. The van der Waals surface area contributed by atoms with E-state index in [1.54, 1.807) is 24.3 Å². The van der Waals surface area contributed by atoms with Crippen molar-refractivity contribution in [2.24, 2.45) is 0 Å². The summed E-state index contributed by atoms with van der Waals surface area (Å²) in [6.45, 7) is -1.57. The third kappa shape index (κ3) is 10.5. The van der Waals surface area contributed by atoms with Crippen LogP contribution in [0.4, 0.5) is 52.7 Å². The number of hydrogen-bond acceptors (Lipinski definition) is 9. The van der Waals surface area contributed by atoms with E-state index in [1.807, 2.05) is 0 Å². The molecular weight excluding hydrogens is 1220 g/mol. The van der Waals surface area contributed by atoms with E-state index in [1.165, 1.54) is 83.1 Å². The number of benzene rings is 4. The number of hydrogen-bond donors (Lipinski definition) is 0. The standard InChI is InChI=1S/C53H44Br2F12N4O5S2/c54-39-3-1-5-41(29-39)77(73,74)48(35-7-11-37(12-8-35)50(60,46(56)57)52(62,63)64)19-25-70(31-48)43(27-33-15-21-68-22-16-33)45(72)44(28-34-17-23-69-24-18-34)71-26-20-49(32-71,78(75,76)42-6-2-4-40(55)30-42)36-9-13-38(14-10-36)51(61,47(58)59)53(65,66)67/h1-18,21-24,29-30,43-44,46-47H,19-20,25-28,31-32H2. The summed E-state index contributed by atoms with van der Waals surface area (Å²) < 4.78 is 228. The first kappa shape index (κ1) is 58.9. The van der Waals surface area contributed by atoms with Gasteiger partial charge < -0.3 is 0 Å². The van der Waals surface area contributed by atoms with E-state index in [2.05, 4.69) is 41.8 Å². The number of likely N-dealkylation sites (tertiary alicyclic amines) is 2. The Kier molecular flexibility index (Phi) is 16.6. The Bertz CT molecular complexity index is 3130. The van der Waals surface area contributed by atoms with Gasteiger partial charge in [-0.3, -0.25) is 24.6 Å². The second-order valence-electron chi connectivity index (χ2n) is 19.1. The van der Waals surface area contributed by atoms with Crippen molar-refractivity contribution in [1.29, 1.82) is 0 Å². The number of nitrogens with zero attached hydrogens (tertiary/aromatic N) is 4. The molecule has 4 heterocycles. The number of aromatic nitrogens is 2. The highest BCUT2D eigenvalue weighted by Gasteiger charge is 2.65. The van der Waals surface area contributed by atoms with E-state index in [0.717, 1.165) is 24.3 Å². The topological polar surface area (TPSA) is 118 Å². The molecule has 6 aromatic rings. The first-order valence-electron chi connectivity index (χ1n) is 23.6. The zero-order valence-corrected chi connectivity index (χ0v) is 45.1. The number of Topliss-reactive ketones (excluding diaryl/α,β-unsaturated/α-hetero) is 1. The molecule has 416 valence electrons. The predicted octanol–water partition coefficient (Wildman–Crippen LogP) is 12.2. The lowest BCUT2D eigenvalue weighted by Crippen LogP contribution is -2.54. The monoisotopic (exact) mass is 1270 g/mol. The minimum absolute atomic E-state index is 0.157. The molecule has 0 radical (unpaired) electrons. The van der Waals surface area contributed by atoms with Crippen molar-refractivity contribution < 1.29 is 74.3 Å². The summed E-state index contributed by atoms with van der Waals surface area (Å²) in [5, 5.41) is 0. The van der Waals surface area contributed by atoms with Gasteiger partial charge in [0.15, 0.2) is 25.5 Å². The van der Waals surface area contributed by atoms with Crippen molar-refractivity contribution in [3.63, 3.8) is 0 Å². The van der Waals surface area contributed by atoms with Gasteiger partial charge in [0, 0.05) is 71.0 Å². The average Bonchev–Trinajstić information content (AvgIpc) is 4.13. The van der Waals surface area contributed by atoms with E-state index in [4.69, 9.17) is 0 Å². The molecule has 0 saturated carbocycles. The number of halogens is 14. The number of sulfone groups is 2. The zero-order chi connectivity index (χ0) is 56.9. The van der Waals surface area contributed by atoms with Crippen molar-refractivity contribution >= 4 is 57.3 Å². The lowest BCUT2D eigenvalue weighted by atomic mass is 9.90. The van der Waals surface area contributed by atoms with Gasteiger partial charge in [0.05, 0.1) is 21.9 Å². The van der Waals surface area contributed by atoms with Gasteiger partial charge in [-0.15, -0.1) is 0 Å². The van der Waals surface area contributed by atoms with Crippen LogP contribution < -0.4 is 0 Å². The van der Waals surface area contributed by atoms with E-state index in [-0.39, 0.29) is 59.7 Å². The van der Waals surface area contributed by atoms with Crippen LogP contribution in [0.3, 0.4) is 0 Å². The summed E-state index contributed by atoms with van der Waals surface area (Å²) in [6.07, 6.45) is -16.6. The van der Waals surface area contributed by atoms with Crippen LogP contribution in [0.1, 0.15) is 46.2 Å². The average molecular weight is 1270 g/mol. The first-order chi connectivity index (χ1) is 36.5. The second kappa shape index (κ2) is 22.0. The largest absolute Gasteiger partial charge is 0.432 e. The van der Waals surface area contributed by atoms with Crippen LogP contribution in [-0.4, -0.2) is 106 Å². The Morgan fingerprint density at radius 3 is 1.15 bits per heavy atom. The van der Waals surface area contributed by atoms with Gasteiger partial charge in [0.2, 0.25) is 0 Å². The minimum Gasteiger partial charge on any atom is -0.296 e. The minimum atomic E-state index is -6.09. The van der Waals surface area contributed by atoms with Gasteiger partial charge >= 0.3 is 12.4 Å². The SMILES string of the molecule is O=C(C(Cc1ccncc1)N1CCC(c2ccc(C(F)(C(F)F)C(F)(F)F)cc2)(S(=O)(=O)c2cccc(Br)c2)C1)C(Cc1ccncc1)N1CCC(c2ccc(C(F)(C(F)F)C(F)(F)F)cc2)(S(=O)(=O)c2cccc(Br)c2)C1. The molecule has 8 rings (SSSR count). The predicted molar refractivity (Wildman–Crippen MR) is 269 cm³/mol. The van der Waals surface area contributed by atoms with Crippen molar-refractivity contribution in [3.05, 3.63) is 188 Å². The molecule has 0 aliphatic carbocycles. The van der Waals surface area contributed by atoms with Crippen molar-refractivity contribution in [2.75, 3.05) is 26.2 Å². The molecule has 9 nitrogen and oxygen atoms in total. The molecule has 0 amide bonds. The maximum absolute atomic E-state index is 16.0. The van der Waals surface area contributed by atoms with Crippen LogP contribution in [0.2, 0.25) is 0 Å². The van der Waals surface area contributed by atoms with E-state index in [9.17, 15) is 43.9 Å². The number of alkyl halides is 12. The summed E-state index contributed by atoms with van der Waals surface area (Å²) in [6, 6.07) is 19.7. The Morgan fingerprint density at radius 1 is 0.526 bits per heavy atom. The highest BCUT2D eigenvalue weighted by Crippen LogP contribution is 2.52. The molecule has 0 spiro atoms. The molecular formula is C53H44Br2F12N4O5S2. The van der Waals surface area contributed by atoms with Gasteiger partial charge in [-0.1, -0.05) is 92.5 Å². The van der Waals surface area contributed by atoms with Crippen molar-refractivity contribution in [3.8, 4) is 0 Å². The fourth-order valence-electron chi connectivity index (χ4n) is 10.5. The van der Waals surface area contributed by atoms with Gasteiger partial charge in [-0.05, 0) is 109 Å². The maximum atomic E-state index is 16.0. The Hall–Kier alpha value is -5.21. The lowest BCUT2D eigenvalue weighted by Gasteiger charge is -2.37. The van der Waals surface area contributed by atoms with Crippen molar-refractivity contribution in [2.45, 2.75) is 93.6 Å². The molecule has 2 fully saturated rings. The molecule has 6 atom stereocenters. The summed E-state index contributed by atoms with van der Waals surface area (Å²) >= 11 is 6.53. The quantitative estimate of drug-likeness (QED) is 0.0775. The second-order valence-corrected chi connectivity index (χ2v) is 25.4. The highest BCUT2D eigenvalue weighted by atomic mass is 79.9. The summed E-state index contributed by atoms with van der Waals surface area (Å²) in [5.41, 5.74) is -12.7. The van der Waals surface area contributed by atoms with Crippen molar-refractivity contribution in [1.82, 2.24) is 19.8 Å². The van der Waals surface area contributed by atoms with E-state index in [0.29, 0.717) is 44.3 Å². The summed E-state index contributed by atoms with van der Waals surface area (Å²) in [5.74, 6) is -0.616.